The first-order valence-corrected chi connectivity index (χ1v) is 12.1. The van der Waals surface area contributed by atoms with Crippen molar-refractivity contribution in [3.8, 4) is 16.8 Å². The Labute approximate surface area is 214 Å². The summed E-state index contributed by atoms with van der Waals surface area (Å²) in [6.07, 6.45) is -0.759. The fourth-order valence-electron chi connectivity index (χ4n) is 5.24. The number of halogens is 1. The van der Waals surface area contributed by atoms with E-state index in [1.165, 1.54) is 6.07 Å². The highest BCUT2D eigenvalue weighted by Crippen LogP contribution is 2.44. The van der Waals surface area contributed by atoms with Crippen LogP contribution in [0, 0.1) is 19.7 Å². The third kappa shape index (κ3) is 4.60. The van der Waals surface area contributed by atoms with Crippen LogP contribution in [-0.4, -0.2) is 34.4 Å². The van der Waals surface area contributed by atoms with Crippen LogP contribution in [-0.2, 0) is 16.0 Å². The molecule has 0 saturated carbocycles. The molecule has 0 bridgehead atoms. The van der Waals surface area contributed by atoms with Crippen LogP contribution in [0.4, 0.5) is 9.18 Å². The number of rotatable bonds is 7. The zero-order valence-corrected chi connectivity index (χ0v) is 20.6. The number of aryl methyl sites for hydroxylation is 1. The quantitative estimate of drug-likeness (QED) is 0.339. The van der Waals surface area contributed by atoms with Gasteiger partial charge in [-0.15, -0.1) is 0 Å². The monoisotopic (exact) mass is 498 g/mol. The van der Waals surface area contributed by atoms with Crippen molar-refractivity contribution in [1.29, 1.82) is 0 Å². The highest BCUT2D eigenvalue weighted by Gasteiger charge is 2.30. The number of carbonyl (C=O) groups excluding carboxylic acids is 1. The van der Waals surface area contributed by atoms with E-state index in [1.54, 1.807) is 29.7 Å². The highest BCUT2D eigenvalue weighted by atomic mass is 19.1. The molecule has 0 spiro atoms. The smallest absolute Gasteiger partial charge is 0.407 e. The standard InChI is InChI=1S/C30H27FN2O4/c1-18-15-20(19(2)33(18)28-14-8-7-13-26(28)31)16-27(29(34)35)32-30(36)37-17-25-23-11-5-3-9-21(23)22-10-4-6-12-24(22)25/h3-15,25,27H,16-17H2,1-2H3,(H,32,36)(H,34,35). The normalized spacial score (nSPS) is 13.1. The first-order chi connectivity index (χ1) is 17.8. The summed E-state index contributed by atoms with van der Waals surface area (Å²) >= 11 is 0. The van der Waals surface area contributed by atoms with E-state index in [4.69, 9.17) is 4.74 Å². The number of aliphatic carboxylic acids is 1. The third-order valence-electron chi connectivity index (χ3n) is 6.99. The summed E-state index contributed by atoms with van der Waals surface area (Å²) < 4.78 is 21.7. The van der Waals surface area contributed by atoms with Crippen LogP contribution < -0.4 is 5.32 Å². The third-order valence-corrected chi connectivity index (χ3v) is 6.99. The van der Waals surface area contributed by atoms with Crippen LogP contribution in [0.1, 0.15) is 34.0 Å². The van der Waals surface area contributed by atoms with Crippen molar-refractivity contribution >= 4 is 12.1 Å². The molecule has 1 amide bonds. The van der Waals surface area contributed by atoms with Crippen LogP contribution >= 0.6 is 0 Å². The zero-order chi connectivity index (χ0) is 26.1. The van der Waals surface area contributed by atoms with Crippen molar-refractivity contribution in [3.05, 3.63) is 113 Å². The molecule has 6 nitrogen and oxygen atoms in total. The zero-order valence-electron chi connectivity index (χ0n) is 20.6. The van der Waals surface area contributed by atoms with Crippen LogP contribution in [0.15, 0.2) is 78.9 Å². The first-order valence-electron chi connectivity index (χ1n) is 12.1. The number of hydrogen-bond donors (Lipinski definition) is 2. The van der Waals surface area contributed by atoms with Gasteiger partial charge < -0.3 is 19.7 Å². The molecule has 0 saturated heterocycles. The summed E-state index contributed by atoms with van der Waals surface area (Å²) in [7, 11) is 0. The summed E-state index contributed by atoms with van der Waals surface area (Å²) in [6, 6.07) is 23.0. The van der Waals surface area contributed by atoms with E-state index < -0.39 is 18.1 Å². The van der Waals surface area contributed by atoms with E-state index in [1.807, 2.05) is 61.5 Å². The molecule has 1 aliphatic carbocycles. The summed E-state index contributed by atoms with van der Waals surface area (Å²) in [4.78, 5) is 24.7. The Kier molecular flexibility index (Phi) is 6.53. The second kappa shape index (κ2) is 9.93. The van der Waals surface area contributed by atoms with Gasteiger partial charge in [-0.3, -0.25) is 0 Å². The van der Waals surface area contributed by atoms with Crippen molar-refractivity contribution in [2.24, 2.45) is 0 Å². The van der Waals surface area contributed by atoms with Crippen molar-refractivity contribution in [2.75, 3.05) is 6.61 Å². The fraction of sp³-hybridized carbons (Fsp3) is 0.200. The van der Waals surface area contributed by atoms with Gasteiger partial charge in [0.1, 0.15) is 18.5 Å². The summed E-state index contributed by atoms with van der Waals surface area (Å²) in [5, 5.41) is 12.3. The number of aromatic nitrogens is 1. The van der Waals surface area contributed by atoms with Gasteiger partial charge in [0.15, 0.2) is 0 Å². The average molecular weight is 499 g/mol. The number of carbonyl (C=O) groups is 2. The summed E-state index contributed by atoms with van der Waals surface area (Å²) in [6.45, 7) is 3.73. The molecule has 0 radical (unpaired) electrons. The molecule has 5 rings (SSSR count). The summed E-state index contributed by atoms with van der Waals surface area (Å²) in [5.74, 6) is -1.67. The second-order valence-corrected chi connectivity index (χ2v) is 9.25. The number of amides is 1. The molecule has 1 atom stereocenters. The van der Waals surface area contributed by atoms with Gasteiger partial charge in [0.2, 0.25) is 0 Å². The molecule has 7 heteroatoms. The number of carboxylic acids is 1. The van der Waals surface area contributed by atoms with Crippen LogP contribution in [0.2, 0.25) is 0 Å². The molecule has 2 N–H and O–H groups in total. The first kappa shape index (κ1) is 24.3. The number of benzene rings is 3. The Balaban J connectivity index is 1.29. The lowest BCUT2D eigenvalue weighted by Gasteiger charge is -2.18. The molecular weight excluding hydrogens is 471 g/mol. The lowest BCUT2D eigenvalue weighted by Crippen LogP contribution is -2.43. The minimum Gasteiger partial charge on any atom is -0.480 e. The fourth-order valence-corrected chi connectivity index (χ4v) is 5.24. The van der Waals surface area contributed by atoms with E-state index >= 15 is 0 Å². The van der Waals surface area contributed by atoms with Crippen LogP contribution in [0.3, 0.4) is 0 Å². The predicted octanol–water partition coefficient (Wildman–Crippen LogP) is 5.77. The Morgan fingerprint density at radius 1 is 0.973 bits per heavy atom. The van der Waals surface area contributed by atoms with Crippen LogP contribution in [0.25, 0.3) is 16.8 Å². The Bertz CT molecular complexity index is 1450. The Morgan fingerprint density at radius 3 is 2.19 bits per heavy atom. The van der Waals surface area contributed by atoms with Crippen molar-refractivity contribution in [2.45, 2.75) is 32.2 Å². The van der Waals surface area contributed by atoms with Gasteiger partial charge in [-0.2, -0.15) is 0 Å². The molecule has 1 unspecified atom stereocenters. The SMILES string of the molecule is Cc1cc(CC(NC(=O)OCC2c3ccccc3-c3ccccc32)C(=O)O)c(C)n1-c1ccccc1F. The molecule has 1 heterocycles. The van der Waals surface area contributed by atoms with Gasteiger partial charge in [-0.05, 0) is 59.9 Å². The number of para-hydroxylation sites is 1. The van der Waals surface area contributed by atoms with E-state index in [0.717, 1.165) is 27.9 Å². The largest absolute Gasteiger partial charge is 0.480 e. The Morgan fingerprint density at radius 2 is 1.57 bits per heavy atom. The van der Waals surface area contributed by atoms with E-state index in [9.17, 15) is 19.1 Å². The number of alkyl carbamates (subject to hydrolysis) is 1. The number of nitrogens with one attached hydrogen (secondary N) is 1. The lowest BCUT2D eigenvalue weighted by molar-refractivity contribution is -0.139. The molecule has 1 aromatic heterocycles. The van der Waals surface area contributed by atoms with Crippen molar-refractivity contribution in [1.82, 2.24) is 9.88 Å². The van der Waals surface area contributed by atoms with Gasteiger partial charge >= 0.3 is 12.1 Å². The van der Waals surface area contributed by atoms with Gasteiger partial charge in [0.25, 0.3) is 0 Å². The van der Waals surface area contributed by atoms with Crippen LogP contribution in [0.5, 0.6) is 0 Å². The van der Waals surface area contributed by atoms with Gasteiger partial charge in [-0.25, -0.2) is 14.0 Å². The maximum absolute atomic E-state index is 14.4. The van der Waals surface area contributed by atoms with E-state index in [0.29, 0.717) is 16.9 Å². The molecule has 37 heavy (non-hydrogen) atoms. The van der Waals surface area contributed by atoms with Gasteiger partial charge in [0.05, 0.1) is 5.69 Å². The predicted molar refractivity (Wildman–Crippen MR) is 139 cm³/mol. The molecule has 0 aliphatic heterocycles. The molecular formula is C30H27FN2O4. The van der Waals surface area contributed by atoms with Crippen molar-refractivity contribution in [3.63, 3.8) is 0 Å². The molecule has 188 valence electrons. The lowest BCUT2D eigenvalue weighted by atomic mass is 9.98. The number of ether oxygens (including phenoxy) is 1. The minimum absolute atomic E-state index is 0.0354. The molecule has 1 aliphatic rings. The average Bonchev–Trinajstić information content (AvgIpc) is 3.35. The highest BCUT2D eigenvalue weighted by molar-refractivity contribution is 5.81. The number of carboxylic acid groups (broad SMARTS) is 1. The minimum atomic E-state index is -1.20. The Hall–Kier alpha value is -4.39. The number of nitrogens with zero attached hydrogens (tertiary/aromatic N) is 1. The maximum Gasteiger partial charge on any atom is 0.407 e. The molecule has 0 fully saturated rings. The number of fused-ring (bicyclic) bond motifs is 3. The molecule has 3 aromatic carbocycles. The van der Waals surface area contributed by atoms with E-state index in [-0.39, 0.29) is 24.8 Å². The topological polar surface area (TPSA) is 80.6 Å². The van der Waals surface area contributed by atoms with E-state index in [2.05, 4.69) is 5.32 Å². The number of hydrogen-bond acceptors (Lipinski definition) is 3. The summed E-state index contributed by atoms with van der Waals surface area (Å²) in [5.41, 5.74) is 6.94. The second-order valence-electron chi connectivity index (χ2n) is 9.25. The maximum atomic E-state index is 14.4. The van der Waals surface area contributed by atoms with Gasteiger partial charge in [-0.1, -0.05) is 60.7 Å². The van der Waals surface area contributed by atoms with Crippen molar-refractivity contribution < 1.29 is 23.8 Å². The van der Waals surface area contributed by atoms with Gasteiger partial charge in [0, 0.05) is 23.7 Å². The molecule has 4 aromatic rings.